The van der Waals surface area contributed by atoms with Crippen LogP contribution in [0, 0.1) is 11.3 Å². The van der Waals surface area contributed by atoms with E-state index in [9.17, 15) is 4.79 Å². The number of nitrogens with zero attached hydrogens (tertiary/aromatic N) is 1. The number of rotatable bonds is 2. The fraction of sp³-hybridized carbons (Fsp3) is 0.0909. The lowest BCUT2D eigenvalue weighted by Gasteiger charge is -2.00. The third kappa shape index (κ3) is 2.58. The summed E-state index contributed by atoms with van der Waals surface area (Å²) in [5.41, 5.74) is 0.0710. The molecule has 0 aliphatic carbocycles. The van der Waals surface area contributed by atoms with Crippen molar-refractivity contribution in [3.63, 3.8) is 0 Å². The normalized spacial score (nSPS) is 11.5. The second kappa shape index (κ2) is 4.63. The quantitative estimate of drug-likeness (QED) is 0.362. The Morgan fingerprint density at radius 2 is 1.93 bits per heavy atom. The van der Waals surface area contributed by atoms with Crippen molar-refractivity contribution < 1.29 is 9.90 Å². The second-order valence-electron chi connectivity index (χ2n) is 2.91. The van der Waals surface area contributed by atoms with Gasteiger partial charge >= 0.3 is 0 Å². The summed E-state index contributed by atoms with van der Waals surface area (Å²) >= 11 is 5.65. The van der Waals surface area contributed by atoms with E-state index in [0.29, 0.717) is 10.6 Å². The highest BCUT2D eigenvalue weighted by atomic mass is 35.5. The molecule has 1 N–H and O–H groups in total. The molecule has 0 radical (unpaired) electrons. The smallest absolute Gasteiger partial charge is 0.206 e. The minimum absolute atomic E-state index is 0.252. The van der Waals surface area contributed by atoms with E-state index in [1.54, 1.807) is 18.2 Å². The molecular formula is C11H8ClNO2. The molecule has 0 bridgehead atoms. The van der Waals surface area contributed by atoms with Crippen LogP contribution in [-0.4, -0.2) is 10.9 Å². The molecule has 0 spiro atoms. The predicted octanol–water partition coefficient (Wildman–Crippen LogP) is 2.88. The van der Waals surface area contributed by atoms with Crippen LogP contribution in [0.5, 0.6) is 0 Å². The zero-order valence-electron chi connectivity index (χ0n) is 7.99. The molecule has 0 saturated carbocycles. The first-order valence-electron chi connectivity index (χ1n) is 4.16. The lowest BCUT2D eigenvalue weighted by atomic mass is 10.0. The molecule has 0 unspecified atom stereocenters. The van der Waals surface area contributed by atoms with Crippen LogP contribution in [0.1, 0.15) is 17.3 Å². The average molecular weight is 222 g/mol. The molecule has 76 valence electrons. The van der Waals surface area contributed by atoms with Crippen LogP contribution >= 0.6 is 11.6 Å². The Morgan fingerprint density at radius 1 is 1.40 bits per heavy atom. The van der Waals surface area contributed by atoms with E-state index >= 15 is 0 Å². The molecule has 0 fully saturated rings. The van der Waals surface area contributed by atoms with Gasteiger partial charge in [0.2, 0.25) is 5.78 Å². The fourth-order valence-corrected chi connectivity index (χ4v) is 1.17. The number of allylic oxidation sites excluding steroid dienone is 2. The molecule has 1 rings (SSSR count). The zero-order valence-corrected chi connectivity index (χ0v) is 8.75. The molecule has 1 aromatic rings. The molecular weight excluding hydrogens is 214 g/mol. The Balaban J connectivity index is 3.11. The van der Waals surface area contributed by atoms with E-state index in [0.717, 1.165) is 0 Å². The third-order valence-corrected chi connectivity index (χ3v) is 2.06. The summed E-state index contributed by atoms with van der Waals surface area (Å²) in [6.07, 6.45) is 0. The second-order valence-corrected chi connectivity index (χ2v) is 3.34. The van der Waals surface area contributed by atoms with E-state index in [-0.39, 0.29) is 11.3 Å². The van der Waals surface area contributed by atoms with Crippen LogP contribution in [0.25, 0.3) is 0 Å². The predicted molar refractivity (Wildman–Crippen MR) is 56.7 cm³/mol. The summed E-state index contributed by atoms with van der Waals surface area (Å²) in [7, 11) is 0. The van der Waals surface area contributed by atoms with Crippen molar-refractivity contribution in [2.45, 2.75) is 6.92 Å². The summed E-state index contributed by atoms with van der Waals surface area (Å²) in [6, 6.07) is 7.78. The van der Waals surface area contributed by atoms with Crippen LogP contribution in [0.2, 0.25) is 5.02 Å². The van der Waals surface area contributed by atoms with Gasteiger partial charge in [-0.3, -0.25) is 4.79 Å². The van der Waals surface area contributed by atoms with E-state index in [1.165, 1.54) is 19.1 Å². The summed E-state index contributed by atoms with van der Waals surface area (Å²) < 4.78 is 0. The first kappa shape index (κ1) is 11.3. The average Bonchev–Trinajstić information content (AvgIpc) is 2.19. The first-order chi connectivity index (χ1) is 7.06. The van der Waals surface area contributed by atoms with Crippen molar-refractivity contribution in [1.29, 1.82) is 5.26 Å². The standard InChI is InChI=1S/C11H8ClNO2/c1-7(14)10(6-13)11(15)8-2-4-9(12)5-3-8/h2-5,14H,1H3. The summed E-state index contributed by atoms with van der Waals surface area (Å²) in [6.45, 7) is 1.30. The van der Waals surface area contributed by atoms with Gasteiger partial charge in [0.25, 0.3) is 0 Å². The topological polar surface area (TPSA) is 61.1 Å². The van der Waals surface area contributed by atoms with Gasteiger partial charge in [0.1, 0.15) is 17.4 Å². The molecule has 0 aliphatic heterocycles. The number of aliphatic hydroxyl groups is 1. The number of hydrogen-bond acceptors (Lipinski definition) is 3. The van der Waals surface area contributed by atoms with Crippen LogP contribution in [0.15, 0.2) is 35.6 Å². The molecule has 15 heavy (non-hydrogen) atoms. The van der Waals surface area contributed by atoms with Crippen molar-refractivity contribution in [2.24, 2.45) is 0 Å². The maximum Gasteiger partial charge on any atom is 0.206 e. The highest BCUT2D eigenvalue weighted by Gasteiger charge is 2.14. The minimum atomic E-state index is -0.505. The van der Waals surface area contributed by atoms with Crippen LogP contribution in [0.3, 0.4) is 0 Å². The number of hydrogen-bond donors (Lipinski definition) is 1. The number of nitriles is 1. The van der Waals surface area contributed by atoms with Crippen molar-refractivity contribution in [3.05, 3.63) is 46.2 Å². The van der Waals surface area contributed by atoms with Gasteiger partial charge < -0.3 is 5.11 Å². The van der Waals surface area contributed by atoms with Gasteiger partial charge in [-0.05, 0) is 31.2 Å². The molecule has 0 amide bonds. The highest BCUT2D eigenvalue weighted by Crippen LogP contribution is 2.14. The number of benzene rings is 1. The molecule has 0 aromatic heterocycles. The van der Waals surface area contributed by atoms with Gasteiger partial charge in [0.05, 0.1) is 0 Å². The van der Waals surface area contributed by atoms with Gasteiger partial charge in [-0.25, -0.2) is 0 Å². The van der Waals surface area contributed by atoms with Crippen molar-refractivity contribution >= 4 is 17.4 Å². The molecule has 0 atom stereocenters. The Hall–Kier alpha value is -1.79. The Morgan fingerprint density at radius 3 is 2.33 bits per heavy atom. The lowest BCUT2D eigenvalue weighted by molar-refractivity contribution is 0.103. The van der Waals surface area contributed by atoms with Gasteiger partial charge in [-0.15, -0.1) is 0 Å². The van der Waals surface area contributed by atoms with Crippen LogP contribution < -0.4 is 0 Å². The molecule has 1 aromatic carbocycles. The number of carbonyl (C=O) groups excluding carboxylic acids is 1. The van der Waals surface area contributed by atoms with Crippen molar-refractivity contribution in [2.75, 3.05) is 0 Å². The Labute approximate surface area is 92.2 Å². The number of ketones is 1. The highest BCUT2D eigenvalue weighted by molar-refractivity contribution is 6.30. The van der Waals surface area contributed by atoms with Crippen LogP contribution in [-0.2, 0) is 0 Å². The Bertz CT molecular complexity index is 450. The molecule has 0 heterocycles. The van der Waals surface area contributed by atoms with Gasteiger partial charge in [0, 0.05) is 10.6 Å². The van der Waals surface area contributed by atoms with E-state index in [1.807, 2.05) is 0 Å². The van der Waals surface area contributed by atoms with E-state index in [4.69, 9.17) is 22.0 Å². The SMILES string of the molecule is CC(O)=C(C#N)C(=O)c1ccc(Cl)cc1. The van der Waals surface area contributed by atoms with E-state index < -0.39 is 5.78 Å². The fourth-order valence-electron chi connectivity index (χ4n) is 1.04. The first-order valence-corrected chi connectivity index (χ1v) is 4.54. The third-order valence-electron chi connectivity index (χ3n) is 1.81. The van der Waals surface area contributed by atoms with Crippen molar-refractivity contribution in [3.8, 4) is 6.07 Å². The lowest BCUT2D eigenvalue weighted by Crippen LogP contribution is -2.03. The monoisotopic (exact) mass is 221 g/mol. The maximum absolute atomic E-state index is 11.6. The Kier molecular flexibility index (Phi) is 3.48. The number of Topliss-reactive ketones (excluding diaryl/α,β-unsaturated/α-hetero) is 1. The molecule has 0 aliphatic rings. The summed E-state index contributed by atoms with van der Waals surface area (Å²) in [5, 5.41) is 18.3. The largest absolute Gasteiger partial charge is 0.511 e. The number of halogens is 1. The maximum atomic E-state index is 11.6. The minimum Gasteiger partial charge on any atom is -0.511 e. The van der Waals surface area contributed by atoms with E-state index in [2.05, 4.69) is 0 Å². The summed E-state index contributed by atoms with van der Waals surface area (Å²) in [5.74, 6) is -0.786. The van der Waals surface area contributed by atoms with Crippen molar-refractivity contribution in [1.82, 2.24) is 0 Å². The molecule has 4 heteroatoms. The number of aliphatic hydroxyl groups excluding tert-OH is 1. The van der Waals surface area contributed by atoms with Gasteiger partial charge in [-0.1, -0.05) is 11.6 Å². The molecule has 0 saturated heterocycles. The van der Waals surface area contributed by atoms with Gasteiger partial charge in [0.15, 0.2) is 0 Å². The summed E-state index contributed by atoms with van der Waals surface area (Å²) in [4.78, 5) is 11.6. The number of carbonyl (C=O) groups is 1. The van der Waals surface area contributed by atoms with Gasteiger partial charge in [-0.2, -0.15) is 5.26 Å². The van der Waals surface area contributed by atoms with Crippen LogP contribution in [0.4, 0.5) is 0 Å². The zero-order chi connectivity index (χ0) is 11.4. The molecule has 3 nitrogen and oxygen atoms in total.